The molecule has 0 bridgehead atoms. The monoisotopic (exact) mass is 1820 g/mol. The fourth-order valence-electron chi connectivity index (χ4n) is 18.0. The summed E-state index contributed by atoms with van der Waals surface area (Å²) in [5.41, 5.74) is 8.67. The van der Waals surface area contributed by atoms with E-state index in [0.29, 0.717) is 105 Å². The number of hydrogen-bond donors (Lipinski definition) is 0. The van der Waals surface area contributed by atoms with Crippen molar-refractivity contribution in [2.24, 2.45) is 35.5 Å². The van der Waals surface area contributed by atoms with Crippen LogP contribution in [-0.2, 0) is 23.7 Å². The Morgan fingerprint density at radius 1 is 0.500 bits per heavy atom. The van der Waals surface area contributed by atoms with Crippen LogP contribution in [-0.4, -0.2) is 191 Å². The summed E-state index contributed by atoms with van der Waals surface area (Å²) < 4.78 is 19.9. The standard InChI is InChI=1S/C26H35BN4O3.C26H28N6O.C24H25ClN6O.C4H2Cl2N2.3C4H9.C2H3.Sn/c1-25(2)26(3,4)34-27(33-25)20-13-19(14-28)23(29-22(20)17-7-8-17)30-11-12-31(24(32)18-9-10-18)21(15-30)16-5-6-16;1-2-20-13-28-14-22(29-20)21-11-19(12-27)25(30-24(21)17-5-6-17)31-9-10-32(26(33)18-7-8-18)23(15-31)16-3-4-16;25-24-27-8-7-19(28-24)18-11-17(12-26)22(29-21(18)15-3-4-15)30-9-10-31(23(32)16-5-6-16)20(13-30)14-1-2-14;5-3-1-7-2-4(6)8-3;3*1-3-4-2;1-2;/h13,16-18,21H,5-12,15H2,1-4H3;2,11,13-14,16-18,23H,1,3-10,15H2;7-8,11,14-16,20H,1-6,9-10,13H2;1-2H;3*1,3-4H2,2H3;1H,2H2;/t21-;23-;20-;;;;;;/m000....../s1. The van der Waals surface area contributed by atoms with E-state index in [1.54, 1.807) is 38.0 Å². The van der Waals surface area contributed by atoms with Crippen molar-refractivity contribution in [3.05, 3.63) is 128 Å². The number of pyridine rings is 3. The van der Waals surface area contributed by atoms with E-state index in [1.165, 1.54) is 89.4 Å². The summed E-state index contributed by atoms with van der Waals surface area (Å²) in [5.74, 6) is 7.00. The average Bonchev–Trinajstić information content (AvgIpc) is 1.57. The Morgan fingerprint density at radius 2 is 0.885 bits per heavy atom. The molecule has 4 saturated heterocycles. The molecule has 0 aromatic carbocycles. The third-order valence-corrected chi connectivity index (χ3v) is 41.9. The first-order valence-corrected chi connectivity index (χ1v) is 54.4. The van der Waals surface area contributed by atoms with E-state index >= 15 is 0 Å². The Bertz CT molecular complexity index is 4890. The molecule has 23 nitrogen and oxygen atoms in total. The topological polar surface area (TPSA) is 276 Å². The van der Waals surface area contributed by atoms with Crippen molar-refractivity contribution in [2.45, 2.75) is 263 Å². The molecule has 10 heterocycles. The van der Waals surface area contributed by atoms with Gasteiger partial charge < -0.3 is 38.7 Å². The second-order valence-electron chi connectivity index (χ2n) is 37.4. The van der Waals surface area contributed by atoms with Gasteiger partial charge in [0.1, 0.15) is 46.0 Å². The third kappa shape index (κ3) is 21.6. The van der Waals surface area contributed by atoms with E-state index in [4.69, 9.17) is 59.1 Å². The van der Waals surface area contributed by atoms with Crippen molar-refractivity contribution in [1.82, 2.24) is 59.6 Å². The van der Waals surface area contributed by atoms with Crippen molar-refractivity contribution < 1.29 is 23.7 Å². The van der Waals surface area contributed by atoms with Crippen LogP contribution < -0.4 is 20.2 Å². The Balaban J connectivity index is 0.000000126. The molecule has 0 unspecified atom stereocenters. The zero-order valence-electron chi connectivity index (χ0n) is 72.5. The van der Waals surface area contributed by atoms with Gasteiger partial charge in [0, 0.05) is 123 Å². The second-order valence-corrected chi connectivity index (χ2v) is 51.8. The Kier molecular flexibility index (Phi) is 28.4. The number of anilines is 3. The van der Waals surface area contributed by atoms with E-state index in [2.05, 4.69) is 143 Å². The Hall–Kier alpha value is -7.90. The van der Waals surface area contributed by atoms with E-state index in [9.17, 15) is 30.2 Å². The molecule has 3 amide bonds. The van der Waals surface area contributed by atoms with Crippen molar-refractivity contribution in [3.63, 3.8) is 0 Å². The van der Waals surface area contributed by atoms with Crippen LogP contribution in [0, 0.1) is 69.5 Å². The maximum Gasteiger partial charge on any atom is 0.496 e. The fraction of sp³-hybridized carbons (Fsp3) is 0.606. The minimum Gasteiger partial charge on any atom is -0.399 e. The average molecular weight is 1820 g/mol. The minimum absolute atomic E-state index is 0.190. The van der Waals surface area contributed by atoms with Gasteiger partial charge in [-0.3, -0.25) is 24.4 Å². The number of halogens is 3. The predicted molar refractivity (Wildman–Crippen MR) is 482 cm³/mol. The first kappa shape index (κ1) is 88.9. The molecule has 3 atom stereocenters. The first-order valence-electron chi connectivity index (χ1n) is 45.6. The summed E-state index contributed by atoms with van der Waals surface area (Å²) in [7, 11) is -0.513. The molecule has 644 valence electrons. The van der Waals surface area contributed by atoms with Crippen molar-refractivity contribution in [2.75, 3.05) is 73.6 Å². The Labute approximate surface area is 741 Å². The van der Waals surface area contributed by atoms with Gasteiger partial charge in [-0.1, -0.05) is 29.8 Å². The van der Waals surface area contributed by atoms with Crippen LogP contribution in [0.3, 0.4) is 0 Å². The van der Waals surface area contributed by atoms with Crippen LogP contribution in [0.2, 0.25) is 28.9 Å². The molecule has 0 spiro atoms. The molecule has 19 rings (SSSR count). The molecular weight excluding hydrogens is 1700 g/mol. The van der Waals surface area contributed by atoms with Gasteiger partial charge in [0.2, 0.25) is 23.0 Å². The first-order chi connectivity index (χ1) is 59.0. The maximum absolute atomic E-state index is 12.9. The molecular formula is C94H120BCl3N18O5Sn. The summed E-state index contributed by atoms with van der Waals surface area (Å²) in [6.07, 6.45) is 38.1. The molecule has 9 saturated carbocycles. The van der Waals surface area contributed by atoms with Crippen LogP contribution in [0.15, 0.2) is 72.5 Å². The zero-order valence-corrected chi connectivity index (χ0v) is 77.6. The van der Waals surface area contributed by atoms with E-state index in [0.717, 1.165) is 180 Å². The SMILES string of the molecule is C=Cc1cncc(-c2cc(C#N)c(N3CCN(C(=O)C4CC4)[C@H](C4CC4)C3)nc2C2CC2)n1.C=[CH][Sn]([CH2]CCC)([CH2]CCC)[CH2]CCC.CC1(C)OB(c2cc(C#N)c(N3CCN(C(=O)C4CC4)[C@H](C4CC4)C3)nc2C2CC2)OC1(C)C.Clc1cncc(Cl)n1.N#Cc1cc(-c2ccnc(Cl)n2)c(C2CC2)nc1N1CCN(C(=O)C2CC2)[C@H](C2CC2)C1. The van der Waals surface area contributed by atoms with Crippen molar-refractivity contribution in [1.29, 1.82) is 15.8 Å². The molecule has 28 heteroatoms. The summed E-state index contributed by atoms with van der Waals surface area (Å²) >= 11 is 15.0. The van der Waals surface area contributed by atoms with Crippen molar-refractivity contribution >= 4 is 107 Å². The molecule has 13 fully saturated rings. The number of hydrogen-bond acceptors (Lipinski definition) is 20. The van der Waals surface area contributed by atoms with E-state index < -0.39 is 36.7 Å². The van der Waals surface area contributed by atoms with Gasteiger partial charge in [0.25, 0.3) is 0 Å². The Morgan fingerprint density at radius 3 is 1.23 bits per heavy atom. The summed E-state index contributed by atoms with van der Waals surface area (Å²) in [5, 5.41) is 31.0. The summed E-state index contributed by atoms with van der Waals surface area (Å²) in [6.45, 7) is 29.8. The van der Waals surface area contributed by atoms with Crippen molar-refractivity contribution in [3.8, 4) is 40.7 Å². The summed E-state index contributed by atoms with van der Waals surface area (Å²) in [4.78, 5) is 91.8. The molecule has 0 N–H and O–H groups in total. The smallest absolute Gasteiger partial charge is 0.399 e. The van der Waals surface area contributed by atoms with Gasteiger partial charge in [-0.15, -0.1) is 0 Å². The quantitative estimate of drug-likeness (QED) is 0.0360. The number of amides is 3. The number of rotatable bonds is 26. The largest absolute Gasteiger partial charge is 0.496 e. The number of aromatic nitrogens is 9. The molecule has 9 aliphatic carbocycles. The molecule has 122 heavy (non-hydrogen) atoms. The van der Waals surface area contributed by atoms with Crippen LogP contribution in [0.25, 0.3) is 28.6 Å². The maximum atomic E-state index is 12.9. The molecule has 13 aliphatic rings. The summed E-state index contributed by atoms with van der Waals surface area (Å²) in [6, 6.07) is 15.5. The van der Waals surface area contributed by atoms with E-state index in [1.807, 2.05) is 24.3 Å². The number of piperazine rings is 3. The molecule has 0 radical (unpaired) electrons. The normalized spacial score (nSPS) is 22.1. The zero-order chi connectivity index (χ0) is 85.7. The van der Waals surface area contributed by atoms with Crippen LogP contribution in [0.4, 0.5) is 17.5 Å². The van der Waals surface area contributed by atoms with Gasteiger partial charge in [-0.2, -0.15) is 15.8 Å². The molecule has 6 aromatic heterocycles. The van der Waals surface area contributed by atoms with E-state index in [-0.39, 0.29) is 41.2 Å². The van der Waals surface area contributed by atoms with Gasteiger partial charge in [0.15, 0.2) is 0 Å². The van der Waals surface area contributed by atoms with Crippen LogP contribution in [0.5, 0.6) is 0 Å². The molecule has 6 aromatic rings. The second kappa shape index (κ2) is 38.9. The number of carbonyl (C=O) groups excluding carboxylic acids is 3. The minimum atomic E-state index is -1.85. The number of nitrogens with zero attached hydrogens (tertiary/aromatic N) is 18. The fourth-order valence-corrected chi connectivity index (χ4v) is 31.4. The van der Waals surface area contributed by atoms with Gasteiger partial charge in [-0.25, -0.2) is 34.9 Å². The number of unbranched alkanes of at least 4 members (excludes halogenated alkanes) is 3. The van der Waals surface area contributed by atoms with Gasteiger partial charge in [-0.05, 0) is 203 Å². The number of carbonyl (C=O) groups is 3. The van der Waals surface area contributed by atoms with Crippen LogP contribution >= 0.6 is 34.8 Å². The van der Waals surface area contributed by atoms with Gasteiger partial charge in [0.05, 0.1) is 99.3 Å². The third-order valence-electron chi connectivity index (χ3n) is 27.3. The van der Waals surface area contributed by atoms with Gasteiger partial charge >= 0.3 is 109 Å². The molecule has 4 aliphatic heterocycles. The predicted octanol–water partition coefficient (Wildman–Crippen LogP) is 17.9. The van der Waals surface area contributed by atoms with Crippen LogP contribution in [0.1, 0.15) is 260 Å². The number of nitriles is 3.